The first-order valence-electron chi connectivity index (χ1n) is 7.00. The number of tetrazole rings is 1. The molecule has 0 spiro atoms. The molecule has 1 aromatic carbocycles. The molecule has 1 heterocycles. The largest absolute Gasteiger partial charge is 0.383 e. The summed E-state index contributed by atoms with van der Waals surface area (Å²) in [6, 6.07) is 7.21. The van der Waals surface area contributed by atoms with Crippen molar-refractivity contribution in [3.8, 4) is 5.69 Å². The van der Waals surface area contributed by atoms with E-state index in [1.54, 1.807) is 19.2 Å². The molecular formula is C14H20N6O2. The SMILES string of the molecule is COCCN(C)CCNC(=O)c1ccccc1-n1cnnn1. The van der Waals surface area contributed by atoms with E-state index in [0.717, 1.165) is 13.1 Å². The van der Waals surface area contributed by atoms with E-state index in [9.17, 15) is 4.79 Å². The summed E-state index contributed by atoms with van der Waals surface area (Å²) in [6.45, 7) is 2.81. The van der Waals surface area contributed by atoms with Crippen molar-refractivity contribution in [2.24, 2.45) is 0 Å². The Balaban J connectivity index is 1.93. The maximum absolute atomic E-state index is 12.3. The highest BCUT2D eigenvalue weighted by Gasteiger charge is 2.12. The fourth-order valence-corrected chi connectivity index (χ4v) is 1.95. The van der Waals surface area contributed by atoms with Crippen molar-refractivity contribution in [1.29, 1.82) is 0 Å². The lowest BCUT2D eigenvalue weighted by atomic mass is 10.1. The van der Waals surface area contributed by atoms with Gasteiger partial charge in [-0.25, -0.2) is 0 Å². The second-order valence-corrected chi connectivity index (χ2v) is 4.82. The van der Waals surface area contributed by atoms with Crippen LogP contribution in [0.1, 0.15) is 10.4 Å². The van der Waals surface area contributed by atoms with Crippen LogP contribution in [0, 0.1) is 0 Å². The highest BCUT2D eigenvalue weighted by atomic mass is 16.5. The Kier molecular flexibility index (Phi) is 5.99. The minimum Gasteiger partial charge on any atom is -0.383 e. The molecule has 0 bridgehead atoms. The number of rotatable bonds is 8. The molecule has 0 saturated heterocycles. The van der Waals surface area contributed by atoms with Gasteiger partial charge in [0.2, 0.25) is 0 Å². The average molecular weight is 304 g/mol. The van der Waals surface area contributed by atoms with Gasteiger partial charge < -0.3 is 15.0 Å². The van der Waals surface area contributed by atoms with E-state index in [-0.39, 0.29) is 5.91 Å². The summed E-state index contributed by atoms with van der Waals surface area (Å²) in [5.74, 6) is -0.147. The molecule has 1 aromatic heterocycles. The zero-order valence-electron chi connectivity index (χ0n) is 12.8. The van der Waals surface area contributed by atoms with E-state index in [1.165, 1.54) is 11.0 Å². The number of nitrogens with zero attached hydrogens (tertiary/aromatic N) is 5. The molecule has 0 radical (unpaired) electrons. The van der Waals surface area contributed by atoms with Crippen LogP contribution in [0.15, 0.2) is 30.6 Å². The van der Waals surface area contributed by atoms with Gasteiger partial charge >= 0.3 is 0 Å². The Hall–Kier alpha value is -2.32. The number of hydrogen-bond acceptors (Lipinski definition) is 6. The fourth-order valence-electron chi connectivity index (χ4n) is 1.95. The van der Waals surface area contributed by atoms with Gasteiger partial charge in [0.05, 0.1) is 17.9 Å². The van der Waals surface area contributed by atoms with Crippen molar-refractivity contribution in [2.75, 3.05) is 40.4 Å². The number of methoxy groups -OCH3 is 1. The predicted molar refractivity (Wildman–Crippen MR) is 80.9 cm³/mol. The molecule has 0 aliphatic heterocycles. The topological polar surface area (TPSA) is 85.2 Å². The number of benzene rings is 1. The summed E-state index contributed by atoms with van der Waals surface area (Å²) in [7, 11) is 3.66. The van der Waals surface area contributed by atoms with Crippen LogP contribution in [0.5, 0.6) is 0 Å². The first-order chi connectivity index (χ1) is 10.7. The minimum absolute atomic E-state index is 0.147. The molecular weight excluding hydrogens is 284 g/mol. The van der Waals surface area contributed by atoms with E-state index in [2.05, 4.69) is 25.7 Å². The van der Waals surface area contributed by atoms with E-state index < -0.39 is 0 Å². The molecule has 0 aliphatic rings. The van der Waals surface area contributed by atoms with Crippen LogP contribution in [0.4, 0.5) is 0 Å². The van der Waals surface area contributed by atoms with Crippen LogP contribution in [0.2, 0.25) is 0 Å². The Labute approximate surface area is 129 Å². The number of likely N-dealkylation sites (N-methyl/N-ethyl adjacent to an activating group) is 1. The lowest BCUT2D eigenvalue weighted by molar-refractivity contribution is 0.0947. The summed E-state index contributed by atoms with van der Waals surface area (Å²) in [5.41, 5.74) is 1.19. The van der Waals surface area contributed by atoms with Gasteiger partial charge in [-0.2, -0.15) is 4.68 Å². The summed E-state index contributed by atoms with van der Waals surface area (Å²) < 4.78 is 6.49. The van der Waals surface area contributed by atoms with Gasteiger partial charge in [-0.05, 0) is 29.6 Å². The lowest BCUT2D eigenvalue weighted by Gasteiger charge is -2.16. The molecule has 8 nitrogen and oxygen atoms in total. The van der Waals surface area contributed by atoms with Crippen LogP contribution in [0.3, 0.4) is 0 Å². The highest BCUT2D eigenvalue weighted by Crippen LogP contribution is 2.12. The predicted octanol–water partition coefficient (Wildman–Crippen LogP) is -0.0297. The molecule has 1 amide bonds. The number of ether oxygens (including phenoxy) is 1. The number of carbonyl (C=O) groups is 1. The first-order valence-corrected chi connectivity index (χ1v) is 7.00. The molecule has 0 fully saturated rings. The molecule has 0 saturated carbocycles. The molecule has 0 aliphatic carbocycles. The molecule has 1 N–H and O–H groups in total. The molecule has 0 unspecified atom stereocenters. The van der Waals surface area contributed by atoms with Gasteiger partial charge in [0.1, 0.15) is 6.33 Å². The summed E-state index contributed by atoms with van der Waals surface area (Å²) in [5, 5.41) is 13.9. The van der Waals surface area contributed by atoms with Gasteiger partial charge in [-0.3, -0.25) is 4.79 Å². The van der Waals surface area contributed by atoms with Gasteiger partial charge in [-0.1, -0.05) is 12.1 Å². The third-order valence-electron chi connectivity index (χ3n) is 3.20. The van der Waals surface area contributed by atoms with Crippen molar-refractivity contribution < 1.29 is 9.53 Å². The number of hydrogen-bond donors (Lipinski definition) is 1. The van der Waals surface area contributed by atoms with E-state index in [0.29, 0.717) is 24.4 Å². The third kappa shape index (κ3) is 4.34. The van der Waals surface area contributed by atoms with Crippen LogP contribution in [0.25, 0.3) is 5.69 Å². The van der Waals surface area contributed by atoms with Crippen LogP contribution in [-0.4, -0.2) is 71.4 Å². The zero-order valence-corrected chi connectivity index (χ0v) is 12.8. The monoisotopic (exact) mass is 304 g/mol. The van der Waals surface area contributed by atoms with Crippen molar-refractivity contribution in [3.05, 3.63) is 36.2 Å². The molecule has 0 atom stereocenters. The number of nitrogens with one attached hydrogen (secondary N) is 1. The summed E-state index contributed by atoms with van der Waals surface area (Å²) in [6.07, 6.45) is 1.46. The molecule has 2 rings (SSSR count). The standard InChI is InChI=1S/C14H20N6O2/c1-19(9-10-22-2)8-7-15-14(21)12-5-3-4-6-13(12)20-11-16-17-18-20/h3-6,11H,7-10H2,1-2H3,(H,15,21). The zero-order chi connectivity index (χ0) is 15.8. The fraction of sp³-hybridized carbons (Fsp3) is 0.429. The van der Waals surface area contributed by atoms with Crippen molar-refractivity contribution in [3.63, 3.8) is 0 Å². The van der Waals surface area contributed by atoms with Crippen molar-refractivity contribution >= 4 is 5.91 Å². The Bertz CT molecular complexity index is 587. The molecule has 22 heavy (non-hydrogen) atoms. The molecule has 2 aromatic rings. The highest BCUT2D eigenvalue weighted by molar-refractivity contribution is 5.97. The second kappa shape index (κ2) is 8.20. The summed E-state index contributed by atoms with van der Waals surface area (Å²) >= 11 is 0. The Morgan fingerprint density at radius 2 is 2.18 bits per heavy atom. The number of aromatic nitrogens is 4. The number of carbonyl (C=O) groups excluding carboxylic acids is 1. The van der Waals surface area contributed by atoms with E-state index in [4.69, 9.17) is 4.74 Å². The van der Waals surface area contributed by atoms with E-state index >= 15 is 0 Å². The van der Waals surface area contributed by atoms with Gasteiger partial charge in [0, 0.05) is 26.7 Å². The maximum atomic E-state index is 12.3. The van der Waals surface area contributed by atoms with Crippen LogP contribution in [-0.2, 0) is 4.74 Å². The van der Waals surface area contributed by atoms with Gasteiger partial charge in [0.15, 0.2) is 0 Å². The van der Waals surface area contributed by atoms with Crippen LogP contribution >= 0.6 is 0 Å². The molecule has 8 heteroatoms. The van der Waals surface area contributed by atoms with Crippen LogP contribution < -0.4 is 5.32 Å². The number of para-hydroxylation sites is 1. The van der Waals surface area contributed by atoms with Crippen molar-refractivity contribution in [2.45, 2.75) is 0 Å². The third-order valence-corrected chi connectivity index (χ3v) is 3.20. The normalized spacial score (nSPS) is 10.9. The van der Waals surface area contributed by atoms with Gasteiger partial charge in [-0.15, -0.1) is 5.10 Å². The van der Waals surface area contributed by atoms with E-state index in [1.807, 2.05) is 19.2 Å². The van der Waals surface area contributed by atoms with Gasteiger partial charge in [0.25, 0.3) is 5.91 Å². The Morgan fingerprint density at radius 3 is 2.91 bits per heavy atom. The lowest BCUT2D eigenvalue weighted by Crippen LogP contribution is -2.34. The second-order valence-electron chi connectivity index (χ2n) is 4.82. The minimum atomic E-state index is -0.147. The molecule has 118 valence electrons. The average Bonchev–Trinajstić information content (AvgIpc) is 3.07. The quantitative estimate of drug-likeness (QED) is 0.737. The van der Waals surface area contributed by atoms with Crippen molar-refractivity contribution in [1.82, 2.24) is 30.4 Å². The smallest absolute Gasteiger partial charge is 0.253 e. The number of amides is 1. The first kappa shape index (κ1) is 16.1. The Morgan fingerprint density at radius 1 is 1.36 bits per heavy atom. The summed E-state index contributed by atoms with van der Waals surface area (Å²) in [4.78, 5) is 14.4. The maximum Gasteiger partial charge on any atom is 0.253 e.